The predicted octanol–water partition coefficient (Wildman–Crippen LogP) is 4.79. The predicted molar refractivity (Wildman–Crippen MR) is 111 cm³/mol. The Labute approximate surface area is 170 Å². The number of benzene rings is 1. The van der Waals surface area contributed by atoms with Crippen molar-refractivity contribution in [2.45, 2.75) is 56.7 Å². The van der Waals surface area contributed by atoms with E-state index in [1.807, 2.05) is 25.4 Å². The maximum absolute atomic E-state index is 14.7. The molecule has 1 aliphatic heterocycles. The van der Waals surface area contributed by atoms with Gasteiger partial charge < -0.3 is 14.6 Å². The SMILES string of the molecule is CNC1CCCC(n2c(-c3ccccc3F)nc3cnc(C4CCCO4)cc32)C1. The minimum atomic E-state index is -0.239. The number of nitrogens with zero attached hydrogens (tertiary/aromatic N) is 3. The first kappa shape index (κ1) is 18.7. The molecule has 2 aromatic heterocycles. The maximum atomic E-state index is 14.7. The summed E-state index contributed by atoms with van der Waals surface area (Å²) in [5.74, 6) is 0.462. The van der Waals surface area contributed by atoms with Gasteiger partial charge >= 0.3 is 0 Å². The van der Waals surface area contributed by atoms with Crippen LogP contribution in [0, 0.1) is 5.82 Å². The zero-order valence-corrected chi connectivity index (χ0v) is 16.8. The zero-order chi connectivity index (χ0) is 19.8. The molecular formula is C23H27FN4O. The van der Waals surface area contributed by atoms with Crippen molar-refractivity contribution in [2.24, 2.45) is 0 Å². The van der Waals surface area contributed by atoms with Crippen molar-refractivity contribution in [2.75, 3.05) is 13.7 Å². The van der Waals surface area contributed by atoms with E-state index in [0.717, 1.165) is 55.4 Å². The highest BCUT2D eigenvalue weighted by Gasteiger charge is 2.28. The van der Waals surface area contributed by atoms with Crippen LogP contribution in [0.4, 0.5) is 4.39 Å². The van der Waals surface area contributed by atoms with Gasteiger partial charge in [0.25, 0.3) is 0 Å². The van der Waals surface area contributed by atoms with Crippen LogP contribution < -0.4 is 5.32 Å². The Morgan fingerprint density at radius 1 is 1.17 bits per heavy atom. The van der Waals surface area contributed by atoms with Crippen molar-refractivity contribution in [3.63, 3.8) is 0 Å². The van der Waals surface area contributed by atoms with Crippen LogP contribution in [0.2, 0.25) is 0 Å². The highest BCUT2D eigenvalue weighted by Crippen LogP contribution is 2.38. The number of rotatable bonds is 4. The van der Waals surface area contributed by atoms with Crippen LogP contribution in [-0.2, 0) is 4.74 Å². The first-order chi connectivity index (χ1) is 14.2. The number of hydrogen-bond donors (Lipinski definition) is 1. The van der Waals surface area contributed by atoms with Crippen LogP contribution in [0.15, 0.2) is 36.5 Å². The van der Waals surface area contributed by atoms with Crippen molar-refractivity contribution in [3.05, 3.63) is 48.0 Å². The molecule has 3 aromatic rings. The van der Waals surface area contributed by atoms with E-state index in [4.69, 9.17) is 9.72 Å². The van der Waals surface area contributed by atoms with E-state index in [-0.39, 0.29) is 18.0 Å². The smallest absolute Gasteiger partial charge is 0.144 e. The Morgan fingerprint density at radius 2 is 2.07 bits per heavy atom. The molecule has 0 spiro atoms. The lowest BCUT2D eigenvalue weighted by Gasteiger charge is -2.31. The normalized spacial score (nSPS) is 25.0. The van der Waals surface area contributed by atoms with Crippen LogP contribution >= 0.6 is 0 Å². The van der Waals surface area contributed by atoms with E-state index in [0.29, 0.717) is 17.4 Å². The summed E-state index contributed by atoms with van der Waals surface area (Å²) in [6, 6.07) is 9.79. The molecule has 1 N–H and O–H groups in total. The fraction of sp³-hybridized carbons (Fsp3) is 0.478. The Hall–Kier alpha value is -2.31. The Balaban J connectivity index is 1.67. The van der Waals surface area contributed by atoms with Gasteiger partial charge in [0.1, 0.15) is 17.2 Å². The molecule has 1 saturated heterocycles. The van der Waals surface area contributed by atoms with Crippen molar-refractivity contribution in [1.29, 1.82) is 0 Å². The summed E-state index contributed by atoms with van der Waals surface area (Å²) in [4.78, 5) is 9.47. The van der Waals surface area contributed by atoms with E-state index < -0.39 is 0 Å². The summed E-state index contributed by atoms with van der Waals surface area (Å²) in [6.07, 6.45) is 8.36. The average molecular weight is 394 g/mol. The van der Waals surface area contributed by atoms with Crippen molar-refractivity contribution in [1.82, 2.24) is 19.9 Å². The number of halogens is 1. The van der Waals surface area contributed by atoms with Gasteiger partial charge in [-0.05, 0) is 63.8 Å². The number of hydrogen-bond acceptors (Lipinski definition) is 4. The van der Waals surface area contributed by atoms with Crippen molar-refractivity contribution >= 4 is 11.0 Å². The average Bonchev–Trinajstić information content (AvgIpc) is 3.41. The third-order valence-corrected chi connectivity index (χ3v) is 6.39. The van der Waals surface area contributed by atoms with Gasteiger partial charge in [0.05, 0.1) is 29.1 Å². The molecule has 3 unspecified atom stereocenters. The number of fused-ring (bicyclic) bond motifs is 1. The van der Waals surface area contributed by atoms with Crippen LogP contribution in [0.3, 0.4) is 0 Å². The highest BCUT2D eigenvalue weighted by atomic mass is 19.1. The molecule has 0 radical (unpaired) electrons. The summed E-state index contributed by atoms with van der Waals surface area (Å²) in [6.45, 7) is 0.788. The van der Waals surface area contributed by atoms with Gasteiger partial charge in [-0.25, -0.2) is 9.37 Å². The number of aromatic nitrogens is 3. The summed E-state index contributed by atoms with van der Waals surface area (Å²) in [5.41, 5.74) is 3.35. The second-order valence-corrected chi connectivity index (χ2v) is 8.19. The minimum absolute atomic E-state index is 0.0519. The van der Waals surface area contributed by atoms with Crippen LogP contribution in [0.25, 0.3) is 22.4 Å². The van der Waals surface area contributed by atoms with E-state index in [1.54, 1.807) is 6.07 Å². The first-order valence-corrected chi connectivity index (χ1v) is 10.7. The minimum Gasteiger partial charge on any atom is -0.372 e. The maximum Gasteiger partial charge on any atom is 0.144 e. The van der Waals surface area contributed by atoms with E-state index in [1.165, 1.54) is 12.5 Å². The standard InChI is InChI=1S/C23H27FN4O/c1-25-15-6-4-7-16(12-15)28-21-13-19(22-10-5-11-29-22)26-14-20(21)27-23(28)17-8-2-3-9-18(17)24/h2-3,8-9,13-16,22,25H,4-7,10-12H2,1H3. The van der Waals surface area contributed by atoms with E-state index >= 15 is 0 Å². The summed E-state index contributed by atoms with van der Waals surface area (Å²) >= 11 is 0. The molecule has 2 fully saturated rings. The second kappa shape index (κ2) is 7.84. The molecule has 2 aliphatic rings. The molecule has 1 aromatic carbocycles. The molecule has 152 valence electrons. The quantitative estimate of drug-likeness (QED) is 0.691. The largest absolute Gasteiger partial charge is 0.372 e. The van der Waals surface area contributed by atoms with Crippen molar-refractivity contribution < 1.29 is 9.13 Å². The monoisotopic (exact) mass is 394 g/mol. The number of pyridine rings is 1. The lowest BCUT2D eigenvalue weighted by molar-refractivity contribution is 0.109. The molecule has 0 amide bonds. The third kappa shape index (κ3) is 3.45. The van der Waals surface area contributed by atoms with E-state index in [2.05, 4.69) is 20.9 Å². The lowest BCUT2D eigenvalue weighted by atomic mass is 9.90. The van der Waals surface area contributed by atoms with Gasteiger partial charge in [0.2, 0.25) is 0 Å². The van der Waals surface area contributed by atoms with Gasteiger partial charge in [-0.1, -0.05) is 12.1 Å². The molecule has 0 bridgehead atoms. The topological polar surface area (TPSA) is 52.0 Å². The molecule has 1 aliphatic carbocycles. The highest BCUT2D eigenvalue weighted by molar-refractivity contribution is 5.80. The van der Waals surface area contributed by atoms with E-state index in [9.17, 15) is 4.39 Å². The summed E-state index contributed by atoms with van der Waals surface area (Å²) in [5, 5.41) is 3.43. The van der Waals surface area contributed by atoms with Gasteiger partial charge in [-0.3, -0.25) is 4.98 Å². The third-order valence-electron chi connectivity index (χ3n) is 6.39. The lowest BCUT2D eigenvalue weighted by Crippen LogP contribution is -2.32. The Kier molecular flexibility index (Phi) is 5.06. The number of imidazole rings is 1. The molecule has 6 heteroatoms. The van der Waals surface area contributed by atoms with Gasteiger partial charge in [-0.15, -0.1) is 0 Å². The Bertz CT molecular complexity index is 1010. The van der Waals surface area contributed by atoms with Crippen LogP contribution in [0.1, 0.15) is 56.4 Å². The van der Waals surface area contributed by atoms with Gasteiger partial charge in [-0.2, -0.15) is 0 Å². The summed E-state index contributed by atoms with van der Waals surface area (Å²) in [7, 11) is 2.02. The molecule has 3 heterocycles. The second-order valence-electron chi connectivity index (χ2n) is 8.19. The summed E-state index contributed by atoms with van der Waals surface area (Å²) < 4.78 is 22.8. The number of nitrogens with one attached hydrogen (secondary N) is 1. The van der Waals surface area contributed by atoms with Crippen molar-refractivity contribution in [3.8, 4) is 11.4 Å². The number of ether oxygens (including phenoxy) is 1. The molecule has 3 atom stereocenters. The van der Waals surface area contributed by atoms with Crippen LogP contribution in [-0.4, -0.2) is 34.2 Å². The molecule has 1 saturated carbocycles. The van der Waals surface area contributed by atoms with Crippen LogP contribution in [0.5, 0.6) is 0 Å². The molecular weight excluding hydrogens is 367 g/mol. The molecule has 5 rings (SSSR count). The molecule has 5 nitrogen and oxygen atoms in total. The first-order valence-electron chi connectivity index (χ1n) is 10.7. The van der Waals surface area contributed by atoms with Gasteiger partial charge in [0, 0.05) is 18.7 Å². The molecule has 29 heavy (non-hydrogen) atoms. The Morgan fingerprint density at radius 3 is 2.86 bits per heavy atom. The van der Waals surface area contributed by atoms with Gasteiger partial charge in [0.15, 0.2) is 0 Å². The fourth-order valence-corrected chi connectivity index (χ4v) is 4.86. The fourth-order valence-electron chi connectivity index (χ4n) is 4.86. The zero-order valence-electron chi connectivity index (χ0n) is 16.8.